The monoisotopic (exact) mass is 242 g/mol. The summed E-state index contributed by atoms with van der Waals surface area (Å²) in [5.74, 6) is 0. The highest BCUT2D eigenvalue weighted by Crippen LogP contribution is 2.50. The fraction of sp³-hybridized carbons (Fsp3) is 1.00. The molecule has 0 aromatic rings. The molecule has 0 radical (unpaired) electrons. The maximum absolute atomic E-state index is 2.71. The number of rotatable bonds is 5. The van der Waals surface area contributed by atoms with E-state index in [0.717, 1.165) is 0 Å². The van der Waals surface area contributed by atoms with Crippen molar-refractivity contribution in [1.82, 2.24) is 9.80 Å². The van der Waals surface area contributed by atoms with Crippen molar-refractivity contribution in [3.63, 3.8) is 0 Å². The van der Waals surface area contributed by atoms with Gasteiger partial charge in [-0.25, -0.2) is 9.80 Å². The molecule has 0 spiro atoms. The molecule has 2 unspecified atom stereocenters. The van der Waals surface area contributed by atoms with Gasteiger partial charge in [0.1, 0.15) is 19.6 Å². The molecule has 4 bridgehead atoms. The molecular formula is C12H25N3P+. The molecule has 4 saturated heterocycles. The Kier molecular flexibility index (Phi) is 3.23. The largest absolute Gasteiger partial charge is 0.295 e. The van der Waals surface area contributed by atoms with Gasteiger partial charge < -0.3 is 0 Å². The number of hydrogen-bond acceptors (Lipinski definition) is 2. The molecule has 2 atom stereocenters. The van der Waals surface area contributed by atoms with Crippen molar-refractivity contribution in [2.45, 2.75) is 32.6 Å². The minimum atomic E-state index is 0.339. The molecule has 0 aliphatic carbocycles. The molecule has 0 aromatic carbocycles. The molecule has 3 nitrogen and oxygen atoms in total. The third kappa shape index (κ3) is 2.15. The van der Waals surface area contributed by atoms with E-state index in [-0.39, 0.29) is 0 Å². The maximum atomic E-state index is 2.71. The first kappa shape index (κ1) is 11.4. The number of nitrogens with zero attached hydrogens (tertiary/aromatic N) is 3. The van der Waals surface area contributed by atoms with E-state index >= 15 is 0 Å². The van der Waals surface area contributed by atoms with Crippen molar-refractivity contribution in [3.05, 3.63) is 0 Å². The van der Waals surface area contributed by atoms with Crippen LogP contribution in [0.5, 0.6) is 0 Å². The van der Waals surface area contributed by atoms with Gasteiger partial charge >= 0.3 is 0 Å². The van der Waals surface area contributed by atoms with E-state index in [1.807, 2.05) is 0 Å². The minimum absolute atomic E-state index is 0.339. The number of quaternary nitrogens is 1. The zero-order valence-corrected chi connectivity index (χ0v) is 11.5. The highest BCUT2D eigenvalue weighted by molar-refractivity contribution is 7.57. The highest BCUT2D eigenvalue weighted by Gasteiger charge is 2.48. The predicted molar refractivity (Wildman–Crippen MR) is 69.1 cm³/mol. The van der Waals surface area contributed by atoms with E-state index < -0.39 is 0 Å². The lowest BCUT2D eigenvalue weighted by Crippen LogP contribution is -2.71. The highest BCUT2D eigenvalue weighted by atomic mass is 31.1. The zero-order valence-electron chi connectivity index (χ0n) is 10.6. The van der Waals surface area contributed by atoms with E-state index in [2.05, 4.69) is 16.7 Å². The van der Waals surface area contributed by atoms with Crippen LogP contribution in [0.3, 0.4) is 0 Å². The van der Waals surface area contributed by atoms with Crippen LogP contribution in [0.15, 0.2) is 0 Å². The van der Waals surface area contributed by atoms with Gasteiger partial charge in [0.2, 0.25) is 0 Å². The fourth-order valence-corrected chi connectivity index (χ4v) is 6.67. The van der Waals surface area contributed by atoms with Gasteiger partial charge in [-0.15, -0.1) is 0 Å². The third-order valence-corrected chi connectivity index (χ3v) is 6.79. The van der Waals surface area contributed by atoms with Crippen molar-refractivity contribution in [1.29, 1.82) is 0 Å². The van der Waals surface area contributed by atoms with Gasteiger partial charge in [-0.2, -0.15) is 0 Å². The Labute approximate surface area is 101 Å². The maximum Gasteiger partial charge on any atom is 0.137 e. The predicted octanol–water partition coefficient (Wildman–Crippen LogP) is 2.26. The summed E-state index contributed by atoms with van der Waals surface area (Å²) in [5.41, 5.74) is 0. The molecule has 0 saturated carbocycles. The van der Waals surface area contributed by atoms with Gasteiger partial charge in [-0.3, -0.25) is 4.48 Å². The van der Waals surface area contributed by atoms with Gasteiger partial charge in [0.15, 0.2) is 0 Å². The Balaban J connectivity index is 1.56. The molecule has 4 aliphatic heterocycles. The van der Waals surface area contributed by atoms with Gasteiger partial charge in [0.05, 0.1) is 13.2 Å². The van der Waals surface area contributed by atoms with Gasteiger partial charge in [-0.1, -0.05) is 19.8 Å². The van der Waals surface area contributed by atoms with Crippen molar-refractivity contribution in [3.8, 4) is 0 Å². The van der Waals surface area contributed by atoms with Crippen molar-refractivity contribution >= 4 is 7.92 Å². The molecule has 4 heteroatoms. The van der Waals surface area contributed by atoms with Gasteiger partial charge in [-0.05, 0) is 20.8 Å². The summed E-state index contributed by atoms with van der Waals surface area (Å²) in [6.07, 6.45) is 10.1. The van der Waals surface area contributed by atoms with E-state index in [1.165, 1.54) is 75.6 Å². The van der Waals surface area contributed by atoms with Crippen molar-refractivity contribution < 1.29 is 4.48 Å². The lowest BCUT2D eigenvalue weighted by atomic mass is 10.2. The lowest BCUT2D eigenvalue weighted by Gasteiger charge is -2.60. The molecule has 0 aromatic heterocycles. The van der Waals surface area contributed by atoms with Crippen molar-refractivity contribution in [2.75, 3.05) is 45.4 Å². The van der Waals surface area contributed by atoms with E-state index in [1.54, 1.807) is 0 Å². The molecular weight excluding hydrogens is 217 g/mol. The van der Waals surface area contributed by atoms with Crippen LogP contribution < -0.4 is 0 Å². The third-order valence-electron chi connectivity index (χ3n) is 4.19. The van der Waals surface area contributed by atoms with Crippen LogP contribution in [0.4, 0.5) is 0 Å². The van der Waals surface area contributed by atoms with Crippen LogP contribution in [-0.2, 0) is 0 Å². The first-order valence-corrected chi connectivity index (χ1v) is 8.72. The SMILES string of the molecule is CCCCCC[N+]12CN3CN(CP(C3)C1)C2. The standard InChI is InChI=1S/C12H25N3P/c1-2-3-4-5-6-15-8-13-7-14(9-15)11-16(10-13)12-15/h2-12H2,1H3/q+1. The Morgan fingerprint density at radius 3 is 2.44 bits per heavy atom. The topological polar surface area (TPSA) is 6.48 Å². The summed E-state index contributed by atoms with van der Waals surface area (Å²) in [4.78, 5) is 5.42. The Hall–Kier alpha value is 0.310. The first-order chi connectivity index (χ1) is 7.80. The summed E-state index contributed by atoms with van der Waals surface area (Å²) in [7, 11) is 0.339. The molecule has 4 fully saturated rings. The average molecular weight is 242 g/mol. The average Bonchev–Trinajstić information content (AvgIpc) is 2.22. The van der Waals surface area contributed by atoms with Crippen LogP contribution in [0.1, 0.15) is 32.6 Å². The van der Waals surface area contributed by atoms with Crippen LogP contribution in [0, 0.1) is 0 Å². The Bertz CT molecular complexity index is 221. The van der Waals surface area contributed by atoms with Gasteiger partial charge in [0.25, 0.3) is 0 Å². The van der Waals surface area contributed by atoms with Crippen LogP contribution in [-0.4, -0.2) is 59.7 Å². The van der Waals surface area contributed by atoms with Crippen molar-refractivity contribution in [2.24, 2.45) is 0 Å². The summed E-state index contributed by atoms with van der Waals surface area (Å²) in [6, 6.07) is 0. The Morgan fingerprint density at radius 1 is 1.06 bits per heavy atom. The van der Waals surface area contributed by atoms with Crippen LogP contribution in [0.2, 0.25) is 0 Å². The smallest absolute Gasteiger partial charge is 0.137 e. The summed E-state index contributed by atoms with van der Waals surface area (Å²) in [5, 5.41) is 0. The normalized spacial score (nSPS) is 45.2. The zero-order chi connectivity index (χ0) is 11.0. The summed E-state index contributed by atoms with van der Waals surface area (Å²) in [6.45, 7) is 7.75. The molecule has 4 aliphatic rings. The Morgan fingerprint density at radius 2 is 1.81 bits per heavy atom. The summed E-state index contributed by atoms with van der Waals surface area (Å²) >= 11 is 0. The van der Waals surface area contributed by atoms with Crippen LogP contribution in [0.25, 0.3) is 0 Å². The number of hydrogen-bond donors (Lipinski definition) is 0. The van der Waals surface area contributed by atoms with E-state index in [4.69, 9.17) is 0 Å². The van der Waals surface area contributed by atoms with Crippen LogP contribution >= 0.6 is 7.92 Å². The minimum Gasteiger partial charge on any atom is -0.295 e. The summed E-state index contributed by atoms with van der Waals surface area (Å²) < 4.78 is 1.43. The second kappa shape index (κ2) is 4.53. The van der Waals surface area contributed by atoms with E-state index in [0.29, 0.717) is 7.92 Å². The molecule has 4 heterocycles. The second-order valence-corrected chi connectivity index (χ2v) is 8.18. The molecule has 0 N–H and O–H groups in total. The molecule has 4 rings (SSSR count). The first-order valence-electron chi connectivity index (χ1n) is 6.82. The lowest BCUT2D eigenvalue weighted by molar-refractivity contribution is -0.948. The fourth-order valence-electron chi connectivity index (χ4n) is 3.74. The molecule has 0 amide bonds. The molecule has 92 valence electrons. The molecule has 16 heavy (non-hydrogen) atoms. The van der Waals surface area contributed by atoms with Gasteiger partial charge in [0, 0.05) is 12.6 Å². The van der Waals surface area contributed by atoms with E-state index in [9.17, 15) is 0 Å². The quantitative estimate of drug-likeness (QED) is 0.414. The number of unbranched alkanes of at least 4 members (excludes halogenated alkanes) is 3. The second-order valence-electron chi connectivity index (χ2n) is 5.99.